The molecule has 0 bridgehead atoms. The highest BCUT2D eigenvalue weighted by atomic mass is 32.2. The number of carboxylic acids is 1. The molecule has 1 rings (SSSR count). The molecule has 2 amide bonds. The van der Waals surface area contributed by atoms with Crippen molar-refractivity contribution in [2.24, 2.45) is 0 Å². The van der Waals surface area contributed by atoms with Gasteiger partial charge >= 0.3 is 12.0 Å². The summed E-state index contributed by atoms with van der Waals surface area (Å²) in [7, 11) is 1.75. The number of hydrogen-bond donors (Lipinski definition) is 2. The molecule has 1 unspecified atom stereocenters. The first-order valence-electron chi connectivity index (χ1n) is 6.54. The molecule has 0 spiro atoms. The second-order valence-electron chi connectivity index (χ2n) is 4.70. The van der Waals surface area contributed by atoms with E-state index >= 15 is 0 Å². The summed E-state index contributed by atoms with van der Waals surface area (Å²) in [6.45, 7) is 1.98. The quantitative estimate of drug-likeness (QED) is 0.730. The molecule has 21 heavy (non-hydrogen) atoms. The number of hydrogen-bond acceptors (Lipinski definition) is 5. The summed E-state index contributed by atoms with van der Waals surface area (Å²) in [5.74, 6) is 0.0142. The third kappa shape index (κ3) is 6.03. The molecule has 0 radical (unpaired) electrons. The molecule has 8 nitrogen and oxygen atoms in total. The highest BCUT2D eigenvalue weighted by molar-refractivity contribution is 7.98. The fourth-order valence-corrected chi connectivity index (χ4v) is 2.19. The van der Waals surface area contributed by atoms with Gasteiger partial charge in [-0.25, -0.2) is 9.48 Å². The molecular weight excluding hydrogens is 294 g/mol. The lowest BCUT2D eigenvalue weighted by Gasteiger charge is -2.24. The van der Waals surface area contributed by atoms with Gasteiger partial charge in [-0.05, 0) is 25.4 Å². The first-order valence-corrected chi connectivity index (χ1v) is 7.93. The highest BCUT2D eigenvalue weighted by Crippen LogP contribution is 2.06. The van der Waals surface area contributed by atoms with Crippen molar-refractivity contribution in [3.05, 3.63) is 11.9 Å². The van der Waals surface area contributed by atoms with Crippen LogP contribution >= 0.6 is 11.8 Å². The number of carboxylic acid groups (broad SMARTS) is 1. The standard InChI is InChI=1S/C12H21N5O3S/c1-9(4-5-21-3)16(2)12(20)13-6-10-7-17(15-14-10)8-11(18)19/h7,9H,4-6,8H2,1-3H3,(H,13,20)(H,18,19). The van der Waals surface area contributed by atoms with Crippen LogP contribution in [0, 0.1) is 0 Å². The van der Waals surface area contributed by atoms with Crippen molar-refractivity contribution in [3.63, 3.8) is 0 Å². The zero-order chi connectivity index (χ0) is 15.8. The minimum absolute atomic E-state index is 0.153. The van der Waals surface area contributed by atoms with Gasteiger partial charge in [-0.1, -0.05) is 5.21 Å². The maximum absolute atomic E-state index is 12.0. The van der Waals surface area contributed by atoms with Gasteiger partial charge in [0, 0.05) is 13.1 Å². The second-order valence-corrected chi connectivity index (χ2v) is 5.69. The number of urea groups is 1. The summed E-state index contributed by atoms with van der Waals surface area (Å²) in [5, 5.41) is 18.9. The molecule has 0 aliphatic carbocycles. The molecule has 0 aromatic carbocycles. The molecule has 1 heterocycles. The highest BCUT2D eigenvalue weighted by Gasteiger charge is 2.15. The summed E-state index contributed by atoms with van der Waals surface area (Å²) in [4.78, 5) is 24.1. The zero-order valence-electron chi connectivity index (χ0n) is 12.4. The average Bonchev–Trinajstić information content (AvgIpc) is 2.87. The van der Waals surface area contributed by atoms with E-state index < -0.39 is 5.97 Å². The number of aromatic nitrogens is 3. The van der Waals surface area contributed by atoms with E-state index in [-0.39, 0.29) is 25.2 Å². The van der Waals surface area contributed by atoms with Gasteiger partial charge in [-0.2, -0.15) is 11.8 Å². The van der Waals surface area contributed by atoms with E-state index in [9.17, 15) is 9.59 Å². The molecule has 0 aliphatic heterocycles. The Bertz CT molecular complexity index is 479. The molecule has 9 heteroatoms. The smallest absolute Gasteiger partial charge is 0.325 e. The van der Waals surface area contributed by atoms with Gasteiger partial charge in [0.25, 0.3) is 0 Å². The number of carbonyl (C=O) groups is 2. The lowest BCUT2D eigenvalue weighted by Crippen LogP contribution is -2.42. The molecular formula is C12H21N5O3S. The van der Waals surface area contributed by atoms with E-state index in [1.807, 2.05) is 13.2 Å². The Morgan fingerprint density at radius 2 is 2.29 bits per heavy atom. The Labute approximate surface area is 127 Å². The lowest BCUT2D eigenvalue weighted by atomic mass is 10.2. The minimum Gasteiger partial charge on any atom is -0.480 e. The van der Waals surface area contributed by atoms with Crippen LogP contribution in [0.5, 0.6) is 0 Å². The van der Waals surface area contributed by atoms with Crippen molar-refractivity contribution < 1.29 is 14.7 Å². The van der Waals surface area contributed by atoms with Crippen molar-refractivity contribution in [1.29, 1.82) is 0 Å². The normalized spacial score (nSPS) is 12.0. The van der Waals surface area contributed by atoms with Crippen LogP contribution in [-0.4, -0.2) is 62.1 Å². The fraction of sp³-hybridized carbons (Fsp3) is 0.667. The van der Waals surface area contributed by atoms with Crippen molar-refractivity contribution in [2.75, 3.05) is 19.1 Å². The van der Waals surface area contributed by atoms with Gasteiger partial charge in [0.05, 0.1) is 12.7 Å². The van der Waals surface area contributed by atoms with Gasteiger partial charge in [-0.15, -0.1) is 5.10 Å². The van der Waals surface area contributed by atoms with Gasteiger partial charge in [0.2, 0.25) is 0 Å². The van der Waals surface area contributed by atoms with E-state index in [1.165, 1.54) is 10.9 Å². The number of aliphatic carboxylic acids is 1. The monoisotopic (exact) mass is 315 g/mol. The van der Waals surface area contributed by atoms with Crippen LogP contribution < -0.4 is 5.32 Å². The minimum atomic E-state index is -0.988. The summed E-state index contributed by atoms with van der Waals surface area (Å²) >= 11 is 1.75. The summed E-state index contributed by atoms with van der Waals surface area (Å²) in [6, 6.07) is -0.0310. The second kappa shape index (κ2) is 8.50. The van der Waals surface area contributed by atoms with Crippen molar-refractivity contribution in [3.8, 4) is 0 Å². The molecule has 0 saturated heterocycles. The number of rotatable bonds is 8. The molecule has 0 saturated carbocycles. The van der Waals surface area contributed by atoms with E-state index in [2.05, 4.69) is 15.6 Å². The van der Waals surface area contributed by atoms with Gasteiger partial charge in [0.1, 0.15) is 12.2 Å². The number of carbonyl (C=O) groups excluding carboxylic acids is 1. The van der Waals surface area contributed by atoms with Crippen LogP contribution in [-0.2, 0) is 17.9 Å². The van der Waals surface area contributed by atoms with Crippen molar-refractivity contribution in [2.45, 2.75) is 32.5 Å². The fourth-order valence-electron chi connectivity index (χ4n) is 1.61. The van der Waals surface area contributed by atoms with E-state index in [0.717, 1.165) is 12.2 Å². The number of amides is 2. The average molecular weight is 315 g/mol. The predicted molar refractivity (Wildman–Crippen MR) is 80.1 cm³/mol. The Morgan fingerprint density at radius 3 is 2.90 bits per heavy atom. The van der Waals surface area contributed by atoms with E-state index in [1.54, 1.807) is 23.7 Å². The van der Waals surface area contributed by atoms with Crippen molar-refractivity contribution >= 4 is 23.8 Å². The summed E-state index contributed by atoms with van der Waals surface area (Å²) in [6.07, 6.45) is 4.47. The van der Waals surface area contributed by atoms with Crippen LogP contribution in [0.3, 0.4) is 0 Å². The SMILES string of the molecule is CSCCC(C)N(C)C(=O)NCc1cn(CC(=O)O)nn1. The van der Waals surface area contributed by atoms with Crippen LogP contribution in [0.15, 0.2) is 6.20 Å². The summed E-state index contributed by atoms with van der Waals surface area (Å²) in [5.41, 5.74) is 0.523. The number of thioether (sulfide) groups is 1. The third-order valence-electron chi connectivity index (χ3n) is 3.03. The van der Waals surface area contributed by atoms with Gasteiger partial charge in [0.15, 0.2) is 0 Å². The van der Waals surface area contributed by atoms with Gasteiger partial charge in [-0.3, -0.25) is 4.79 Å². The molecule has 1 aromatic rings. The Kier molecular flexibility index (Phi) is 7.00. The van der Waals surface area contributed by atoms with Crippen molar-refractivity contribution in [1.82, 2.24) is 25.2 Å². The lowest BCUT2D eigenvalue weighted by molar-refractivity contribution is -0.137. The van der Waals surface area contributed by atoms with Crippen LogP contribution in [0.25, 0.3) is 0 Å². The first kappa shape index (κ1) is 17.3. The third-order valence-corrected chi connectivity index (χ3v) is 3.67. The largest absolute Gasteiger partial charge is 0.480 e. The first-order chi connectivity index (χ1) is 9.93. The Hall–Kier alpha value is -1.77. The molecule has 0 aliphatic rings. The Morgan fingerprint density at radius 1 is 1.57 bits per heavy atom. The van der Waals surface area contributed by atoms with E-state index in [4.69, 9.17) is 5.11 Å². The summed E-state index contributed by atoms with van der Waals surface area (Å²) < 4.78 is 1.22. The number of nitrogens with one attached hydrogen (secondary N) is 1. The number of nitrogens with zero attached hydrogens (tertiary/aromatic N) is 4. The topological polar surface area (TPSA) is 100 Å². The van der Waals surface area contributed by atoms with Crippen LogP contribution in [0.2, 0.25) is 0 Å². The zero-order valence-corrected chi connectivity index (χ0v) is 13.3. The van der Waals surface area contributed by atoms with Crippen LogP contribution in [0.1, 0.15) is 19.0 Å². The maximum Gasteiger partial charge on any atom is 0.325 e. The molecule has 1 aromatic heterocycles. The Balaban J connectivity index is 2.41. The molecule has 2 N–H and O–H groups in total. The molecule has 0 fully saturated rings. The van der Waals surface area contributed by atoms with Gasteiger partial charge < -0.3 is 15.3 Å². The van der Waals surface area contributed by atoms with Crippen LogP contribution in [0.4, 0.5) is 4.79 Å². The van der Waals surface area contributed by atoms with E-state index in [0.29, 0.717) is 5.69 Å². The molecule has 1 atom stereocenters. The maximum atomic E-state index is 12.0. The predicted octanol–water partition coefficient (Wildman–Crippen LogP) is 0.646. The molecule has 118 valence electrons.